The van der Waals surface area contributed by atoms with Crippen LogP contribution in [0.2, 0.25) is 0 Å². The Morgan fingerprint density at radius 3 is 2.32 bits per heavy atom. The second-order valence-electron chi connectivity index (χ2n) is 7.79. The summed E-state index contributed by atoms with van der Waals surface area (Å²) in [7, 11) is 0. The Labute approximate surface area is 210 Å². The highest BCUT2D eigenvalue weighted by atomic mass is 19.4. The van der Waals surface area contributed by atoms with Crippen molar-refractivity contribution in [3.63, 3.8) is 0 Å². The molecule has 0 bridgehead atoms. The summed E-state index contributed by atoms with van der Waals surface area (Å²) in [4.78, 5) is 35.9. The van der Waals surface area contributed by atoms with E-state index in [1.165, 1.54) is 12.3 Å². The highest BCUT2D eigenvalue weighted by Gasteiger charge is 2.30. The molecule has 0 saturated carbocycles. The van der Waals surface area contributed by atoms with Crippen molar-refractivity contribution >= 4 is 29.6 Å². The molecular formula is C26H23F3N4O4. The molecule has 3 N–H and O–H groups in total. The SMILES string of the molecule is C[C@H](NC(=O)COc1ccc(C=NNC(=O)C(=O)Nc2cccc(C(F)(F)F)c2)cc1)c1ccccc1. The van der Waals surface area contributed by atoms with Crippen molar-refractivity contribution in [2.45, 2.75) is 19.1 Å². The van der Waals surface area contributed by atoms with Gasteiger partial charge in [0.2, 0.25) is 0 Å². The van der Waals surface area contributed by atoms with E-state index < -0.39 is 23.6 Å². The number of nitrogens with zero attached hydrogens (tertiary/aromatic N) is 1. The zero-order valence-corrected chi connectivity index (χ0v) is 19.6. The number of anilines is 1. The van der Waals surface area contributed by atoms with Crippen molar-refractivity contribution in [2.75, 3.05) is 11.9 Å². The lowest BCUT2D eigenvalue weighted by Gasteiger charge is -2.14. The van der Waals surface area contributed by atoms with Crippen molar-refractivity contribution in [1.29, 1.82) is 0 Å². The third kappa shape index (κ3) is 8.49. The van der Waals surface area contributed by atoms with Gasteiger partial charge in [0.1, 0.15) is 5.75 Å². The summed E-state index contributed by atoms with van der Waals surface area (Å²) in [6.07, 6.45) is -3.32. The molecule has 0 aliphatic rings. The molecule has 0 spiro atoms. The lowest BCUT2D eigenvalue weighted by atomic mass is 10.1. The maximum Gasteiger partial charge on any atom is 0.416 e. The molecule has 0 aromatic heterocycles. The second-order valence-corrected chi connectivity index (χ2v) is 7.79. The van der Waals surface area contributed by atoms with Gasteiger partial charge in [0.15, 0.2) is 6.61 Å². The minimum Gasteiger partial charge on any atom is -0.484 e. The molecule has 3 amide bonds. The smallest absolute Gasteiger partial charge is 0.416 e. The molecule has 37 heavy (non-hydrogen) atoms. The van der Waals surface area contributed by atoms with Gasteiger partial charge in [-0.25, -0.2) is 5.43 Å². The van der Waals surface area contributed by atoms with Crippen LogP contribution in [0.15, 0.2) is 84.0 Å². The van der Waals surface area contributed by atoms with Crippen LogP contribution in [-0.2, 0) is 20.6 Å². The van der Waals surface area contributed by atoms with Gasteiger partial charge < -0.3 is 15.4 Å². The molecule has 0 aliphatic carbocycles. The van der Waals surface area contributed by atoms with Crippen LogP contribution in [0.25, 0.3) is 0 Å². The zero-order valence-electron chi connectivity index (χ0n) is 19.6. The van der Waals surface area contributed by atoms with Crippen molar-refractivity contribution in [3.05, 3.63) is 95.6 Å². The number of halogens is 3. The number of carbonyl (C=O) groups is 3. The Morgan fingerprint density at radius 1 is 0.946 bits per heavy atom. The number of nitrogens with one attached hydrogen (secondary N) is 3. The monoisotopic (exact) mass is 512 g/mol. The predicted octanol–water partition coefficient (Wildman–Crippen LogP) is 4.05. The molecule has 0 radical (unpaired) electrons. The van der Waals surface area contributed by atoms with Crippen molar-refractivity contribution in [1.82, 2.24) is 10.7 Å². The highest BCUT2D eigenvalue weighted by molar-refractivity contribution is 6.39. The lowest BCUT2D eigenvalue weighted by Crippen LogP contribution is -2.32. The third-order valence-corrected chi connectivity index (χ3v) is 4.96. The van der Waals surface area contributed by atoms with Gasteiger partial charge in [-0.3, -0.25) is 14.4 Å². The van der Waals surface area contributed by atoms with E-state index in [0.29, 0.717) is 17.4 Å². The quantitative estimate of drug-likeness (QED) is 0.240. The van der Waals surface area contributed by atoms with Gasteiger partial charge in [0.05, 0.1) is 17.8 Å². The Bertz CT molecular complexity index is 1260. The number of hydrazone groups is 1. The number of carbonyl (C=O) groups excluding carboxylic acids is 3. The Hall–Kier alpha value is -4.67. The second kappa shape index (κ2) is 12.3. The number of alkyl halides is 3. The van der Waals surface area contributed by atoms with Crippen LogP contribution in [0.4, 0.5) is 18.9 Å². The number of benzene rings is 3. The summed E-state index contributed by atoms with van der Waals surface area (Å²) in [5.41, 5.74) is 2.37. The molecule has 3 aromatic carbocycles. The molecule has 8 nitrogen and oxygen atoms in total. The van der Waals surface area contributed by atoms with Crippen LogP contribution in [0.5, 0.6) is 5.75 Å². The molecule has 0 saturated heterocycles. The number of hydrogen-bond acceptors (Lipinski definition) is 5. The van der Waals surface area contributed by atoms with E-state index >= 15 is 0 Å². The number of ether oxygens (including phenoxy) is 1. The molecule has 0 aliphatic heterocycles. The van der Waals surface area contributed by atoms with Crippen LogP contribution in [0, 0.1) is 0 Å². The zero-order chi connectivity index (χ0) is 26.8. The Morgan fingerprint density at radius 2 is 1.65 bits per heavy atom. The summed E-state index contributed by atoms with van der Waals surface area (Å²) in [6.45, 7) is 1.69. The molecule has 11 heteroatoms. The van der Waals surface area contributed by atoms with Crippen molar-refractivity contribution in [2.24, 2.45) is 5.10 Å². The van der Waals surface area contributed by atoms with Gasteiger partial charge in [-0.1, -0.05) is 36.4 Å². The molecule has 3 aromatic rings. The fourth-order valence-corrected chi connectivity index (χ4v) is 3.08. The molecule has 1 atom stereocenters. The van der Waals surface area contributed by atoms with E-state index in [4.69, 9.17) is 4.74 Å². The number of rotatable bonds is 8. The molecular weight excluding hydrogens is 489 g/mol. The fourth-order valence-electron chi connectivity index (χ4n) is 3.08. The third-order valence-electron chi connectivity index (χ3n) is 4.96. The summed E-state index contributed by atoms with van der Waals surface area (Å²) in [6, 6.07) is 19.6. The maximum atomic E-state index is 12.8. The topological polar surface area (TPSA) is 109 Å². The first-order valence-electron chi connectivity index (χ1n) is 11.0. The first-order chi connectivity index (χ1) is 17.6. The van der Waals surface area contributed by atoms with Gasteiger partial charge in [-0.05, 0) is 60.5 Å². The van der Waals surface area contributed by atoms with Crippen molar-refractivity contribution in [3.8, 4) is 5.75 Å². The summed E-state index contributed by atoms with van der Waals surface area (Å²) >= 11 is 0. The summed E-state index contributed by atoms with van der Waals surface area (Å²) in [5.74, 6) is -2.19. The summed E-state index contributed by atoms with van der Waals surface area (Å²) < 4.78 is 43.8. The van der Waals surface area contributed by atoms with Crippen LogP contribution < -0.4 is 20.8 Å². The predicted molar refractivity (Wildman–Crippen MR) is 131 cm³/mol. The lowest BCUT2D eigenvalue weighted by molar-refractivity contribution is -0.137. The van der Waals surface area contributed by atoms with E-state index in [-0.39, 0.29) is 24.2 Å². The fraction of sp³-hybridized carbons (Fsp3) is 0.154. The van der Waals surface area contributed by atoms with Crippen LogP contribution in [-0.4, -0.2) is 30.5 Å². The first-order valence-corrected chi connectivity index (χ1v) is 11.0. The minimum atomic E-state index is -4.58. The van der Waals surface area contributed by atoms with Crippen LogP contribution in [0.1, 0.15) is 29.7 Å². The van der Waals surface area contributed by atoms with Gasteiger partial charge in [-0.2, -0.15) is 18.3 Å². The number of hydrogen-bond donors (Lipinski definition) is 3. The summed E-state index contributed by atoms with van der Waals surface area (Å²) in [5, 5.41) is 8.58. The molecule has 192 valence electrons. The standard InChI is InChI=1S/C26H23F3N4O4/c1-17(19-6-3-2-4-7-19)31-23(34)16-37-22-12-10-18(11-13-22)15-30-33-25(36)24(35)32-21-9-5-8-20(14-21)26(27,28)29/h2-15,17H,16H2,1H3,(H,31,34)(H,32,35)(H,33,36)/t17-/m0/s1. The highest BCUT2D eigenvalue weighted by Crippen LogP contribution is 2.30. The molecule has 0 fully saturated rings. The van der Waals surface area contributed by atoms with Crippen molar-refractivity contribution < 1.29 is 32.3 Å². The normalized spacial score (nSPS) is 12.0. The van der Waals surface area contributed by atoms with E-state index in [1.54, 1.807) is 24.3 Å². The van der Waals surface area contributed by atoms with E-state index in [1.807, 2.05) is 42.7 Å². The molecule has 0 heterocycles. The Balaban J connectivity index is 1.43. The average molecular weight is 512 g/mol. The minimum absolute atomic E-state index is 0.168. The van der Waals surface area contributed by atoms with Gasteiger partial charge >= 0.3 is 18.0 Å². The van der Waals surface area contributed by atoms with E-state index in [0.717, 1.165) is 17.7 Å². The molecule has 3 rings (SSSR count). The largest absolute Gasteiger partial charge is 0.484 e. The first kappa shape index (κ1) is 26.9. The van der Waals surface area contributed by atoms with Gasteiger partial charge in [0.25, 0.3) is 5.91 Å². The van der Waals surface area contributed by atoms with Gasteiger partial charge in [0, 0.05) is 5.69 Å². The van der Waals surface area contributed by atoms with Gasteiger partial charge in [-0.15, -0.1) is 0 Å². The molecule has 0 unspecified atom stereocenters. The Kier molecular flexibility index (Phi) is 8.98. The average Bonchev–Trinajstić information content (AvgIpc) is 2.88. The maximum absolute atomic E-state index is 12.8. The van der Waals surface area contributed by atoms with E-state index in [2.05, 4.69) is 15.7 Å². The van der Waals surface area contributed by atoms with Crippen LogP contribution >= 0.6 is 0 Å². The van der Waals surface area contributed by atoms with E-state index in [9.17, 15) is 27.6 Å². The number of amides is 3. The van der Waals surface area contributed by atoms with Crippen LogP contribution in [0.3, 0.4) is 0 Å².